The molecule has 2 atom stereocenters. The van der Waals surface area contributed by atoms with Gasteiger partial charge in [-0.05, 0) is 50.1 Å². The van der Waals surface area contributed by atoms with Gasteiger partial charge in [-0.2, -0.15) is 13.2 Å². The minimum atomic E-state index is -4.72. The van der Waals surface area contributed by atoms with E-state index in [1.807, 2.05) is 6.92 Å². The summed E-state index contributed by atoms with van der Waals surface area (Å²) < 4.78 is 68.6. The van der Waals surface area contributed by atoms with Crippen molar-refractivity contribution < 1.29 is 41.4 Å². The van der Waals surface area contributed by atoms with Gasteiger partial charge in [0, 0.05) is 24.6 Å². The van der Waals surface area contributed by atoms with E-state index in [1.165, 1.54) is 19.1 Å². The maximum absolute atomic E-state index is 14.2. The Kier molecular flexibility index (Phi) is 7.76. The molecule has 2 amide bonds. The van der Waals surface area contributed by atoms with Gasteiger partial charge in [0.05, 0.1) is 37.6 Å². The lowest BCUT2D eigenvalue weighted by Crippen LogP contribution is -2.45. The molecule has 1 aliphatic heterocycles. The van der Waals surface area contributed by atoms with Gasteiger partial charge < -0.3 is 19.5 Å². The van der Waals surface area contributed by atoms with Gasteiger partial charge in [0.25, 0.3) is 5.91 Å². The van der Waals surface area contributed by atoms with Crippen LogP contribution < -0.4 is 19.7 Å². The highest BCUT2D eigenvalue weighted by Gasteiger charge is 2.36. The Balaban J connectivity index is 1.89. The first kappa shape index (κ1) is 26.1. The third-order valence-electron chi connectivity index (χ3n) is 5.81. The summed E-state index contributed by atoms with van der Waals surface area (Å²) in [6.45, 7) is 3.74. The molecule has 1 N–H and O–H groups in total. The van der Waals surface area contributed by atoms with E-state index >= 15 is 0 Å². The summed E-state index contributed by atoms with van der Waals surface area (Å²) in [6, 6.07) is 4.78. The molecule has 0 saturated carbocycles. The normalized spacial score (nSPS) is 17.4. The Morgan fingerprint density at radius 1 is 1.11 bits per heavy atom. The van der Waals surface area contributed by atoms with Crippen molar-refractivity contribution in [2.24, 2.45) is 0 Å². The van der Waals surface area contributed by atoms with E-state index < -0.39 is 35.1 Å². The van der Waals surface area contributed by atoms with E-state index in [0.717, 1.165) is 6.07 Å². The smallest absolute Gasteiger partial charge is 0.416 e. The maximum atomic E-state index is 14.2. The van der Waals surface area contributed by atoms with Crippen LogP contribution in [0, 0.1) is 5.82 Å². The number of rotatable bonds is 6. The van der Waals surface area contributed by atoms with Gasteiger partial charge in [-0.3, -0.25) is 9.69 Å². The lowest BCUT2D eigenvalue weighted by atomic mass is 9.85. The first-order valence-electron chi connectivity index (χ1n) is 10.9. The molecule has 0 bridgehead atoms. The lowest BCUT2D eigenvalue weighted by molar-refractivity contribution is -0.137. The molecule has 35 heavy (non-hydrogen) atoms. The number of benzene rings is 2. The molecule has 1 heterocycles. The summed E-state index contributed by atoms with van der Waals surface area (Å²) in [4.78, 5) is 26.7. The molecule has 7 nitrogen and oxygen atoms in total. The first-order chi connectivity index (χ1) is 16.5. The van der Waals surface area contributed by atoms with E-state index in [2.05, 4.69) is 5.32 Å². The summed E-state index contributed by atoms with van der Waals surface area (Å²) in [5.74, 6) is -1.63. The van der Waals surface area contributed by atoms with Crippen LogP contribution in [0.15, 0.2) is 30.3 Å². The molecular weight excluding hydrogens is 472 g/mol. The van der Waals surface area contributed by atoms with Crippen LogP contribution in [-0.2, 0) is 10.9 Å². The number of nitrogens with zero attached hydrogens (tertiary/aromatic N) is 1. The molecule has 11 heteroatoms. The Hall–Kier alpha value is -3.50. The highest BCUT2D eigenvalue weighted by molar-refractivity contribution is 5.95. The molecule has 2 aromatic carbocycles. The van der Waals surface area contributed by atoms with Crippen molar-refractivity contribution >= 4 is 17.7 Å². The van der Waals surface area contributed by atoms with Crippen LogP contribution >= 0.6 is 0 Å². The quantitative estimate of drug-likeness (QED) is 0.559. The average Bonchev–Trinajstić information content (AvgIpc) is 2.80. The molecular formula is C24H26F4N2O5. The van der Waals surface area contributed by atoms with E-state index in [4.69, 9.17) is 14.2 Å². The molecule has 2 aromatic rings. The number of anilines is 1. The van der Waals surface area contributed by atoms with Crippen molar-refractivity contribution in [2.45, 2.75) is 38.4 Å². The van der Waals surface area contributed by atoms with Crippen molar-refractivity contribution in [1.82, 2.24) is 5.32 Å². The summed E-state index contributed by atoms with van der Waals surface area (Å²) in [7, 11) is 2.92. The van der Waals surface area contributed by atoms with Gasteiger partial charge >= 0.3 is 12.3 Å². The maximum Gasteiger partial charge on any atom is 0.416 e. The highest BCUT2D eigenvalue weighted by Crippen LogP contribution is 2.44. The number of nitrogens with one attached hydrogen (secondary N) is 1. The fraction of sp³-hybridized carbons (Fsp3) is 0.417. The zero-order valence-corrected chi connectivity index (χ0v) is 19.7. The van der Waals surface area contributed by atoms with Crippen LogP contribution in [0.25, 0.3) is 0 Å². The zero-order valence-electron chi connectivity index (χ0n) is 19.7. The summed E-state index contributed by atoms with van der Waals surface area (Å²) >= 11 is 0. The van der Waals surface area contributed by atoms with Gasteiger partial charge in [-0.15, -0.1) is 0 Å². The fourth-order valence-electron chi connectivity index (χ4n) is 4.15. The van der Waals surface area contributed by atoms with Gasteiger partial charge in [-0.1, -0.05) is 0 Å². The molecule has 0 spiro atoms. The number of amides is 2. The second kappa shape index (κ2) is 10.4. The molecule has 0 aliphatic carbocycles. The minimum Gasteiger partial charge on any atom is -0.493 e. The second-order valence-corrected chi connectivity index (χ2v) is 8.02. The Morgan fingerprint density at radius 2 is 1.77 bits per heavy atom. The topological polar surface area (TPSA) is 77.1 Å². The highest BCUT2D eigenvalue weighted by atomic mass is 19.4. The van der Waals surface area contributed by atoms with Gasteiger partial charge in [-0.25, -0.2) is 9.18 Å². The summed E-state index contributed by atoms with van der Waals surface area (Å²) in [6.07, 6.45) is -4.83. The summed E-state index contributed by atoms with van der Waals surface area (Å²) in [5, 5.41) is 2.60. The third kappa shape index (κ3) is 5.44. The third-order valence-corrected chi connectivity index (χ3v) is 5.81. The molecule has 0 fully saturated rings. The summed E-state index contributed by atoms with van der Waals surface area (Å²) in [5.41, 5.74) is -0.494. The van der Waals surface area contributed by atoms with Crippen molar-refractivity contribution in [3.8, 4) is 11.5 Å². The predicted octanol–water partition coefficient (Wildman–Crippen LogP) is 5.13. The van der Waals surface area contributed by atoms with E-state index in [0.29, 0.717) is 41.3 Å². The van der Waals surface area contributed by atoms with Crippen LogP contribution in [0.5, 0.6) is 11.5 Å². The van der Waals surface area contributed by atoms with Crippen LogP contribution in [0.3, 0.4) is 0 Å². The van der Waals surface area contributed by atoms with E-state index in [1.54, 1.807) is 19.1 Å². The zero-order chi connectivity index (χ0) is 25.9. The average molecular weight is 498 g/mol. The molecule has 3 rings (SSSR count). The number of fused-ring (bicyclic) bond motifs is 1. The van der Waals surface area contributed by atoms with Crippen molar-refractivity contribution in [2.75, 3.05) is 32.3 Å². The number of ether oxygens (including phenoxy) is 3. The Labute approximate surface area is 199 Å². The molecule has 2 unspecified atom stereocenters. The van der Waals surface area contributed by atoms with Crippen molar-refractivity contribution in [1.29, 1.82) is 0 Å². The number of hydrogen-bond acceptors (Lipinski definition) is 5. The van der Waals surface area contributed by atoms with E-state index in [-0.39, 0.29) is 25.1 Å². The fourth-order valence-corrected chi connectivity index (χ4v) is 4.15. The first-order valence-corrected chi connectivity index (χ1v) is 10.9. The number of carbonyl (C=O) groups excluding carboxylic acids is 2. The predicted molar refractivity (Wildman–Crippen MR) is 120 cm³/mol. The monoisotopic (exact) mass is 498 g/mol. The molecule has 0 radical (unpaired) electrons. The van der Waals surface area contributed by atoms with Gasteiger partial charge in [0.15, 0.2) is 11.5 Å². The number of halogens is 4. The number of carbonyl (C=O) groups is 2. The minimum absolute atomic E-state index is 0.0444. The van der Waals surface area contributed by atoms with Crippen molar-refractivity contribution in [3.63, 3.8) is 0 Å². The molecule has 1 aliphatic rings. The van der Waals surface area contributed by atoms with Gasteiger partial charge in [0.2, 0.25) is 0 Å². The van der Waals surface area contributed by atoms with Crippen LogP contribution in [-0.4, -0.2) is 45.4 Å². The molecule has 190 valence electrons. The number of hydrogen-bond donors (Lipinski definition) is 1. The standard InChI is InChI=1S/C24H26F4N2O5/c1-5-35-23(32)30-13(2)8-14(17-10-20(33-3)21(34-4)11-19(17)30)12-29-22(31)16-7-6-15(9-18(16)25)24(26,27)28/h6-7,9-11,13-14H,5,8,12H2,1-4H3,(H,29,31). The van der Waals surface area contributed by atoms with Crippen LogP contribution in [0.1, 0.15) is 47.7 Å². The van der Waals surface area contributed by atoms with E-state index in [9.17, 15) is 27.2 Å². The van der Waals surface area contributed by atoms with Crippen LogP contribution in [0.4, 0.5) is 28.0 Å². The molecule has 0 saturated heterocycles. The number of methoxy groups -OCH3 is 2. The number of alkyl halides is 3. The second-order valence-electron chi connectivity index (χ2n) is 8.02. The Morgan fingerprint density at radius 3 is 2.34 bits per heavy atom. The SMILES string of the molecule is CCOC(=O)N1c2cc(OC)c(OC)cc2C(CNC(=O)c2ccc(C(F)(F)F)cc2F)CC1C. The Bertz CT molecular complexity index is 1110. The molecule has 0 aromatic heterocycles. The van der Waals surface area contributed by atoms with Crippen molar-refractivity contribution in [3.05, 3.63) is 52.8 Å². The largest absolute Gasteiger partial charge is 0.493 e. The van der Waals surface area contributed by atoms with Gasteiger partial charge in [0.1, 0.15) is 5.82 Å². The van der Waals surface area contributed by atoms with Crippen LogP contribution in [0.2, 0.25) is 0 Å². The lowest BCUT2D eigenvalue weighted by Gasteiger charge is -2.39.